The van der Waals surface area contributed by atoms with Crippen molar-refractivity contribution in [1.29, 1.82) is 0 Å². The Morgan fingerprint density at radius 3 is 2.41 bits per heavy atom. The SMILES string of the molecule is Cc1ccc(C)c(C(=O)N(CCN(C)C)c2nc3c(C)cc(C)cc3s2)c1. The summed E-state index contributed by atoms with van der Waals surface area (Å²) >= 11 is 1.59. The number of rotatable bonds is 5. The molecule has 1 heterocycles. The van der Waals surface area contributed by atoms with Crippen LogP contribution >= 0.6 is 11.3 Å². The largest absolute Gasteiger partial charge is 0.308 e. The van der Waals surface area contributed by atoms with E-state index in [2.05, 4.69) is 30.9 Å². The van der Waals surface area contributed by atoms with E-state index in [0.717, 1.165) is 44.1 Å². The predicted octanol–water partition coefficient (Wildman–Crippen LogP) is 4.74. The number of benzene rings is 2. The van der Waals surface area contributed by atoms with Gasteiger partial charge in [-0.3, -0.25) is 9.69 Å². The summed E-state index contributed by atoms with van der Waals surface area (Å²) in [4.78, 5) is 22.2. The van der Waals surface area contributed by atoms with Crippen molar-refractivity contribution in [2.45, 2.75) is 27.7 Å². The highest BCUT2D eigenvalue weighted by atomic mass is 32.1. The zero-order valence-electron chi connectivity index (χ0n) is 17.0. The molecular weight excluding hydrogens is 354 g/mol. The number of fused-ring (bicyclic) bond motifs is 1. The van der Waals surface area contributed by atoms with Crippen LogP contribution in [0.3, 0.4) is 0 Å². The summed E-state index contributed by atoms with van der Waals surface area (Å²) in [7, 11) is 4.04. The number of amides is 1. The Morgan fingerprint density at radius 2 is 1.70 bits per heavy atom. The molecule has 0 aliphatic carbocycles. The van der Waals surface area contributed by atoms with Crippen molar-refractivity contribution in [3.63, 3.8) is 0 Å². The number of aryl methyl sites for hydroxylation is 4. The fraction of sp³-hybridized carbons (Fsp3) is 0.364. The normalized spacial score (nSPS) is 11.4. The highest BCUT2D eigenvalue weighted by Gasteiger charge is 2.23. The average molecular weight is 382 g/mol. The van der Waals surface area contributed by atoms with Crippen LogP contribution in [0.15, 0.2) is 30.3 Å². The van der Waals surface area contributed by atoms with E-state index >= 15 is 0 Å². The average Bonchev–Trinajstić information content (AvgIpc) is 3.00. The first-order valence-electron chi connectivity index (χ1n) is 9.18. The molecule has 5 heteroatoms. The molecule has 4 nitrogen and oxygen atoms in total. The Balaban J connectivity index is 2.07. The number of thiazole rings is 1. The van der Waals surface area contributed by atoms with Gasteiger partial charge in [-0.15, -0.1) is 0 Å². The molecule has 1 aromatic heterocycles. The summed E-state index contributed by atoms with van der Waals surface area (Å²) in [6.07, 6.45) is 0. The quantitative estimate of drug-likeness (QED) is 0.640. The van der Waals surface area contributed by atoms with Gasteiger partial charge in [-0.1, -0.05) is 35.1 Å². The van der Waals surface area contributed by atoms with Gasteiger partial charge in [0, 0.05) is 18.7 Å². The lowest BCUT2D eigenvalue weighted by molar-refractivity contribution is 0.0984. The fourth-order valence-corrected chi connectivity index (χ4v) is 4.34. The fourth-order valence-electron chi connectivity index (χ4n) is 3.17. The highest BCUT2D eigenvalue weighted by molar-refractivity contribution is 7.22. The Kier molecular flexibility index (Phi) is 5.63. The number of carbonyl (C=O) groups is 1. The summed E-state index contributed by atoms with van der Waals surface area (Å²) in [5.41, 5.74) is 6.20. The number of nitrogens with zero attached hydrogens (tertiary/aromatic N) is 3. The van der Waals surface area contributed by atoms with Crippen molar-refractivity contribution < 1.29 is 4.79 Å². The van der Waals surface area contributed by atoms with Gasteiger partial charge in [-0.2, -0.15) is 0 Å². The third-order valence-corrected chi connectivity index (χ3v) is 5.71. The second-order valence-corrected chi connectivity index (χ2v) is 8.51. The van der Waals surface area contributed by atoms with E-state index in [0.29, 0.717) is 6.54 Å². The molecule has 142 valence electrons. The van der Waals surface area contributed by atoms with Crippen molar-refractivity contribution in [2.24, 2.45) is 0 Å². The van der Waals surface area contributed by atoms with Crippen molar-refractivity contribution in [3.8, 4) is 0 Å². The van der Waals surface area contributed by atoms with Crippen molar-refractivity contribution in [3.05, 3.63) is 58.1 Å². The van der Waals surface area contributed by atoms with Crippen LogP contribution in [0, 0.1) is 27.7 Å². The third kappa shape index (κ3) is 4.20. The van der Waals surface area contributed by atoms with E-state index in [9.17, 15) is 4.79 Å². The third-order valence-electron chi connectivity index (χ3n) is 4.69. The number of aromatic nitrogens is 1. The van der Waals surface area contributed by atoms with Crippen LogP contribution in [0.4, 0.5) is 5.13 Å². The maximum absolute atomic E-state index is 13.4. The summed E-state index contributed by atoms with van der Waals surface area (Å²) in [6, 6.07) is 10.3. The Morgan fingerprint density at radius 1 is 0.963 bits per heavy atom. The van der Waals surface area contributed by atoms with Crippen molar-refractivity contribution in [2.75, 3.05) is 32.1 Å². The lowest BCUT2D eigenvalue weighted by atomic mass is 10.0. The molecule has 3 aromatic rings. The standard InChI is InChI=1S/C22H27N3OS/c1-14-7-8-16(3)18(12-14)21(26)25(10-9-24(5)6)22-23-20-17(4)11-15(2)13-19(20)27-22/h7-8,11-13H,9-10H2,1-6H3. The number of carbonyl (C=O) groups excluding carboxylic acids is 1. The molecule has 0 aliphatic heterocycles. The molecule has 0 fully saturated rings. The van der Waals surface area contributed by atoms with Gasteiger partial charge in [0.05, 0.1) is 10.2 Å². The number of anilines is 1. The summed E-state index contributed by atoms with van der Waals surface area (Å²) in [5, 5.41) is 0.770. The van der Waals surface area contributed by atoms with Gasteiger partial charge in [0.15, 0.2) is 5.13 Å². The summed E-state index contributed by atoms with van der Waals surface area (Å²) in [5.74, 6) is 0.0199. The highest BCUT2D eigenvalue weighted by Crippen LogP contribution is 2.32. The Bertz CT molecular complexity index is 991. The zero-order chi connectivity index (χ0) is 19.7. The van der Waals surface area contributed by atoms with E-state index in [-0.39, 0.29) is 5.91 Å². The van der Waals surface area contributed by atoms with Crippen LogP contribution in [0.2, 0.25) is 0 Å². The minimum absolute atomic E-state index is 0.0199. The smallest absolute Gasteiger partial charge is 0.260 e. The van der Waals surface area contributed by atoms with Crippen molar-refractivity contribution in [1.82, 2.24) is 9.88 Å². The zero-order valence-corrected chi connectivity index (χ0v) is 17.8. The first kappa shape index (κ1) is 19.5. The van der Waals surface area contributed by atoms with E-state index in [1.165, 1.54) is 5.56 Å². The minimum Gasteiger partial charge on any atom is -0.308 e. The first-order chi connectivity index (χ1) is 12.8. The number of hydrogen-bond donors (Lipinski definition) is 0. The van der Waals surface area contributed by atoms with Gasteiger partial charge in [0.2, 0.25) is 0 Å². The van der Waals surface area contributed by atoms with Gasteiger partial charge in [-0.05, 0) is 70.6 Å². The number of likely N-dealkylation sites (N-methyl/N-ethyl adjacent to an activating group) is 1. The van der Waals surface area contributed by atoms with Crippen LogP contribution in [0.1, 0.15) is 32.6 Å². The topological polar surface area (TPSA) is 36.4 Å². The van der Waals surface area contributed by atoms with Crippen LogP contribution in [0.5, 0.6) is 0 Å². The second kappa shape index (κ2) is 7.79. The minimum atomic E-state index is 0.0199. The predicted molar refractivity (Wildman–Crippen MR) is 115 cm³/mol. The maximum Gasteiger partial charge on any atom is 0.260 e. The Hall–Kier alpha value is -2.24. The summed E-state index contributed by atoms with van der Waals surface area (Å²) in [6.45, 7) is 9.57. The monoisotopic (exact) mass is 381 g/mol. The molecular formula is C22H27N3OS. The molecule has 0 atom stereocenters. The van der Waals surface area contributed by atoms with Crippen molar-refractivity contribution >= 4 is 32.6 Å². The van der Waals surface area contributed by atoms with Crippen LogP contribution in [0.25, 0.3) is 10.2 Å². The molecule has 0 radical (unpaired) electrons. The van der Waals surface area contributed by atoms with Crippen LogP contribution < -0.4 is 4.90 Å². The summed E-state index contributed by atoms with van der Waals surface area (Å²) < 4.78 is 1.13. The van der Waals surface area contributed by atoms with Gasteiger partial charge in [-0.25, -0.2) is 4.98 Å². The molecule has 27 heavy (non-hydrogen) atoms. The molecule has 0 spiro atoms. The molecule has 0 bridgehead atoms. The molecule has 0 unspecified atom stereocenters. The van der Waals surface area contributed by atoms with E-state index in [4.69, 9.17) is 4.98 Å². The molecule has 0 aliphatic rings. The van der Waals surface area contributed by atoms with Crippen LogP contribution in [-0.4, -0.2) is 43.0 Å². The Labute approximate surface area is 165 Å². The van der Waals surface area contributed by atoms with Gasteiger partial charge in [0.1, 0.15) is 0 Å². The van der Waals surface area contributed by atoms with Crippen LogP contribution in [-0.2, 0) is 0 Å². The molecule has 3 rings (SSSR count). The molecule has 0 N–H and O–H groups in total. The van der Waals surface area contributed by atoms with E-state index in [1.807, 2.05) is 51.0 Å². The lowest BCUT2D eigenvalue weighted by Gasteiger charge is -2.23. The van der Waals surface area contributed by atoms with Gasteiger partial charge < -0.3 is 4.90 Å². The molecule has 1 amide bonds. The van der Waals surface area contributed by atoms with Gasteiger partial charge in [0.25, 0.3) is 5.91 Å². The second-order valence-electron chi connectivity index (χ2n) is 7.50. The lowest BCUT2D eigenvalue weighted by Crippen LogP contribution is -2.37. The van der Waals surface area contributed by atoms with E-state index in [1.54, 1.807) is 11.3 Å². The molecule has 0 saturated heterocycles. The molecule has 0 saturated carbocycles. The molecule has 2 aromatic carbocycles. The maximum atomic E-state index is 13.4. The van der Waals surface area contributed by atoms with Gasteiger partial charge >= 0.3 is 0 Å². The number of hydrogen-bond acceptors (Lipinski definition) is 4. The first-order valence-corrected chi connectivity index (χ1v) is 9.99. The van der Waals surface area contributed by atoms with E-state index < -0.39 is 0 Å².